The molecule has 0 rings (SSSR count). The normalized spacial score (nSPS) is 14.1. The second-order valence-corrected chi connectivity index (χ2v) is 6.61. The molecule has 0 aromatic rings. The largest absolute Gasteiger partial charge is 0.480 e. The van der Waals surface area contributed by atoms with Crippen molar-refractivity contribution in [2.24, 2.45) is 17.2 Å². The van der Waals surface area contributed by atoms with Crippen LogP contribution in [-0.2, 0) is 14.4 Å². The van der Waals surface area contributed by atoms with E-state index in [1.54, 1.807) is 11.8 Å². The molecule has 9 nitrogen and oxygen atoms in total. The predicted octanol–water partition coefficient (Wildman–Crippen LogP) is -0.915. The minimum atomic E-state index is -1.06. The highest BCUT2D eigenvalue weighted by Crippen LogP contribution is 2.05. The van der Waals surface area contributed by atoms with E-state index in [0.717, 1.165) is 5.75 Å². The Morgan fingerprint density at radius 1 is 0.826 bits per heavy atom. The molecule has 0 saturated heterocycles. The van der Waals surface area contributed by atoms with E-state index in [9.17, 15) is 14.4 Å². The summed E-state index contributed by atoms with van der Waals surface area (Å²) in [6.07, 6.45) is 2.79. The van der Waals surface area contributed by atoms with Gasteiger partial charge in [0, 0.05) is 5.75 Å². The molecule has 0 fully saturated rings. The fourth-order valence-corrected chi connectivity index (χ4v) is 2.46. The number of carboxylic acids is 3. The first kappa shape index (κ1) is 24.2. The molecule has 9 N–H and O–H groups in total. The van der Waals surface area contributed by atoms with Crippen molar-refractivity contribution < 1.29 is 29.7 Å². The van der Waals surface area contributed by atoms with Crippen molar-refractivity contribution in [3.63, 3.8) is 0 Å². The Kier molecular flexibility index (Phi) is 15.4. The third-order valence-corrected chi connectivity index (χ3v) is 4.22. The minimum absolute atomic E-state index is 0.266. The van der Waals surface area contributed by atoms with E-state index in [4.69, 9.17) is 32.5 Å². The van der Waals surface area contributed by atoms with Gasteiger partial charge in [-0.3, -0.25) is 14.4 Å². The summed E-state index contributed by atoms with van der Waals surface area (Å²) in [5.74, 6) is -1.44. The van der Waals surface area contributed by atoms with Gasteiger partial charge in [0.15, 0.2) is 0 Å². The summed E-state index contributed by atoms with van der Waals surface area (Å²) in [5.41, 5.74) is 15.6. The predicted molar refractivity (Wildman–Crippen MR) is 91.8 cm³/mol. The van der Waals surface area contributed by atoms with Crippen molar-refractivity contribution >= 4 is 41.4 Å². The molecule has 0 amide bonds. The Morgan fingerprint density at radius 2 is 1.22 bits per heavy atom. The minimum Gasteiger partial charge on any atom is -0.480 e. The van der Waals surface area contributed by atoms with Gasteiger partial charge in [0.1, 0.15) is 18.1 Å². The first-order valence-electron chi connectivity index (χ1n) is 6.65. The van der Waals surface area contributed by atoms with Gasteiger partial charge in [-0.1, -0.05) is 0 Å². The van der Waals surface area contributed by atoms with Crippen LogP contribution in [0.1, 0.15) is 12.8 Å². The molecule has 0 aromatic carbocycles. The first-order valence-corrected chi connectivity index (χ1v) is 9.20. The molecule has 136 valence electrons. The summed E-state index contributed by atoms with van der Waals surface area (Å²) in [6.45, 7) is 0. The van der Waals surface area contributed by atoms with Crippen LogP contribution in [0, 0.1) is 0 Å². The number of rotatable bonds is 11. The monoisotopic (exact) mass is 371 g/mol. The van der Waals surface area contributed by atoms with Gasteiger partial charge in [0.25, 0.3) is 0 Å². The zero-order chi connectivity index (χ0) is 18.4. The van der Waals surface area contributed by atoms with E-state index in [0.29, 0.717) is 18.6 Å². The molecule has 0 aliphatic rings. The van der Waals surface area contributed by atoms with Gasteiger partial charge in [-0.2, -0.15) is 23.5 Å². The number of carbonyl (C=O) groups is 3. The summed E-state index contributed by atoms with van der Waals surface area (Å²) >= 11 is 2.89. The average Bonchev–Trinajstić information content (AvgIpc) is 2.48. The summed E-state index contributed by atoms with van der Waals surface area (Å²) in [5, 5.41) is 25.1. The van der Waals surface area contributed by atoms with E-state index < -0.39 is 36.0 Å². The van der Waals surface area contributed by atoms with Crippen LogP contribution in [0.5, 0.6) is 0 Å². The molecule has 0 aromatic heterocycles. The zero-order valence-electron chi connectivity index (χ0n) is 12.9. The van der Waals surface area contributed by atoms with E-state index in [1.165, 1.54) is 11.8 Å². The van der Waals surface area contributed by atoms with Crippen LogP contribution in [0.25, 0.3) is 0 Å². The van der Waals surface area contributed by atoms with Crippen LogP contribution in [0.3, 0.4) is 0 Å². The summed E-state index contributed by atoms with van der Waals surface area (Å²) < 4.78 is 0. The van der Waals surface area contributed by atoms with Gasteiger partial charge in [0.05, 0.1) is 0 Å². The number of carboxylic acid groups (broad SMARTS) is 3. The van der Waals surface area contributed by atoms with Crippen LogP contribution in [0.15, 0.2) is 0 Å². The molecule has 0 spiro atoms. The fourth-order valence-electron chi connectivity index (χ4n) is 0.984. The van der Waals surface area contributed by atoms with Gasteiger partial charge < -0.3 is 32.5 Å². The highest BCUT2D eigenvalue weighted by molar-refractivity contribution is 7.99. The summed E-state index contributed by atoms with van der Waals surface area (Å²) in [4.78, 5) is 30.6. The van der Waals surface area contributed by atoms with E-state index >= 15 is 0 Å². The van der Waals surface area contributed by atoms with Crippen LogP contribution in [-0.4, -0.2) is 74.9 Å². The lowest BCUT2D eigenvalue weighted by molar-refractivity contribution is -0.139. The first-order chi connectivity index (χ1) is 10.6. The molecule has 0 saturated carbocycles. The van der Waals surface area contributed by atoms with Crippen molar-refractivity contribution in [1.82, 2.24) is 0 Å². The quantitative estimate of drug-likeness (QED) is 0.246. The van der Waals surface area contributed by atoms with Crippen LogP contribution in [0.4, 0.5) is 0 Å². The van der Waals surface area contributed by atoms with Crippen molar-refractivity contribution in [3.8, 4) is 0 Å². The number of aliphatic carboxylic acids is 3. The number of hydrogen-bond acceptors (Lipinski definition) is 8. The van der Waals surface area contributed by atoms with Gasteiger partial charge >= 0.3 is 17.9 Å². The molecular weight excluding hydrogens is 346 g/mol. The topological polar surface area (TPSA) is 190 Å². The second kappa shape index (κ2) is 14.6. The Morgan fingerprint density at radius 3 is 1.57 bits per heavy atom. The maximum absolute atomic E-state index is 10.3. The Balaban J connectivity index is 0. The fraction of sp³-hybridized carbons (Fsp3) is 0.750. The smallest absolute Gasteiger partial charge is 0.321 e. The molecule has 0 heterocycles. The molecular formula is C12H25N3O6S2. The van der Waals surface area contributed by atoms with Gasteiger partial charge in [-0.15, -0.1) is 0 Å². The highest BCUT2D eigenvalue weighted by Gasteiger charge is 2.13. The second-order valence-electron chi connectivity index (χ2n) is 4.48. The molecule has 11 heteroatoms. The summed E-state index contributed by atoms with van der Waals surface area (Å²) in [6, 6.07) is -2.47. The van der Waals surface area contributed by atoms with Gasteiger partial charge in [-0.25, -0.2) is 0 Å². The van der Waals surface area contributed by atoms with E-state index in [1.807, 2.05) is 6.26 Å². The molecule has 23 heavy (non-hydrogen) atoms. The van der Waals surface area contributed by atoms with Crippen LogP contribution < -0.4 is 17.2 Å². The van der Waals surface area contributed by atoms with Crippen molar-refractivity contribution in [2.45, 2.75) is 31.0 Å². The summed E-state index contributed by atoms with van der Waals surface area (Å²) in [7, 11) is 0. The lowest BCUT2D eigenvalue weighted by Crippen LogP contribution is -2.33. The maximum atomic E-state index is 10.3. The van der Waals surface area contributed by atoms with Crippen molar-refractivity contribution in [1.29, 1.82) is 0 Å². The standard InChI is InChI=1S/C7H14N2O4S.C5H11NO2S/c8-4(6(10)11)1-2-14-3-5(9)7(12)13;1-9-3-2-4(6)5(7)8/h4-5H,1-3,8-9H2,(H,10,11)(H,12,13);4H,2-3,6H2,1H3,(H,7,8)/t4-,5?;4-/m00/s1. The van der Waals surface area contributed by atoms with E-state index in [2.05, 4.69) is 0 Å². The van der Waals surface area contributed by atoms with Crippen molar-refractivity contribution in [3.05, 3.63) is 0 Å². The third kappa shape index (κ3) is 15.7. The Labute approximate surface area is 143 Å². The molecule has 0 radical (unpaired) electrons. The van der Waals surface area contributed by atoms with Gasteiger partial charge in [0.2, 0.25) is 0 Å². The SMILES string of the molecule is CSCC[C@H](N)C(=O)O.NC(CSCC[C@H](N)C(=O)O)C(=O)O. The molecule has 3 atom stereocenters. The van der Waals surface area contributed by atoms with Crippen LogP contribution >= 0.6 is 23.5 Å². The number of nitrogens with two attached hydrogens (primary N) is 3. The molecule has 0 aliphatic carbocycles. The number of hydrogen-bond donors (Lipinski definition) is 6. The third-order valence-electron chi connectivity index (χ3n) is 2.46. The lowest BCUT2D eigenvalue weighted by atomic mass is 10.2. The molecule has 0 aliphatic heterocycles. The molecule has 1 unspecified atom stereocenters. The molecule has 0 bridgehead atoms. The Hall–Kier alpha value is -1.01. The average molecular weight is 371 g/mol. The Bertz CT molecular complexity index is 351. The van der Waals surface area contributed by atoms with Crippen molar-refractivity contribution in [2.75, 3.05) is 23.5 Å². The van der Waals surface area contributed by atoms with Crippen LogP contribution in [0.2, 0.25) is 0 Å². The van der Waals surface area contributed by atoms with Gasteiger partial charge in [-0.05, 0) is 30.6 Å². The lowest BCUT2D eigenvalue weighted by Gasteiger charge is -2.07. The number of thioether (sulfide) groups is 2. The zero-order valence-corrected chi connectivity index (χ0v) is 14.5. The maximum Gasteiger partial charge on any atom is 0.321 e. The van der Waals surface area contributed by atoms with E-state index in [-0.39, 0.29) is 5.75 Å². The highest BCUT2D eigenvalue weighted by atomic mass is 32.2.